The Morgan fingerprint density at radius 2 is 2.06 bits per heavy atom. The van der Waals surface area contributed by atoms with Gasteiger partial charge in [-0.15, -0.1) is 0 Å². The molecule has 0 aromatic heterocycles. The number of halogens is 1. The monoisotopic (exact) mass is 214 g/mol. The van der Waals surface area contributed by atoms with Crippen molar-refractivity contribution in [2.24, 2.45) is 5.73 Å². The maximum atomic E-state index is 13.4. The minimum Gasteiger partial charge on any atom is -0.366 e. The lowest BCUT2D eigenvalue weighted by molar-refractivity contribution is 0.100. The van der Waals surface area contributed by atoms with Gasteiger partial charge in [0.25, 0.3) is 0 Å². The predicted molar refractivity (Wildman–Crippen MR) is 59.2 cm³/mol. The molecular weight excluding hydrogens is 205 g/mol. The molecule has 1 amide bonds. The van der Waals surface area contributed by atoms with Crippen molar-refractivity contribution >= 4 is 5.91 Å². The standard InChI is InChI=1S/C13H9FNO/c14-12-7-2-1-6-11(12)9-4-3-5-10(8-9)13(15)16/h1-6,8H,(H2,15,16). The topological polar surface area (TPSA) is 43.1 Å². The highest BCUT2D eigenvalue weighted by Crippen LogP contribution is 2.22. The van der Waals surface area contributed by atoms with Gasteiger partial charge in [0.1, 0.15) is 5.82 Å². The Bertz CT molecular complexity index is 537. The van der Waals surface area contributed by atoms with Gasteiger partial charge in [-0.05, 0) is 17.7 Å². The molecule has 2 rings (SSSR count). The van der Waals surface area contributed by atoms with E-state index < -0.39 is 11.7 Å². The van der Waals surface area contributed by atoms with Crippen LogP contribution in [0.4, 0.5) is 4.39 Å². The van der Waals surface area contributed by atoms with Gasteiger partial charge in [-0.25, -0.2) is 4.39 Å². The van der Waals surface area contributed by atoms with Gasteiger partial charge in [-0.1, -0.05) is 30.3 Å². The molecule has 0 unspecified atom stereocenters. The molecule has 79 valence electrons. The van der Waals surface area contributed by atoms with E-state index in [4.69, 9.17) is 5.73 Å². The van der Waals surface area contributed by atoms with Gasteiger partial charge in [0.15, 0.2) is 0 Å². The van der Waals surface area contributed by atoms with Crippen LogP contribution in [0.3, 0.4) is 0 Å². The summed E-state index contributed by atoms with van der Waals surface area (Å²) in [5, 5.41) is 0. The smallest absolute Gasteiger partial charge is 0.248 e. The molecule has 2 N–H and O–H groups in total. The lowest BCUT2D eigenvalue weighted by Crippen LogP contribution is -2.10. The molecule has 0 fully saturated rings. The molecule has 0 bridgehead atoms. The van der Waals surface area contributed by atoms with E-state index in [9.17, 15) is 9.18 Å². The van der Waals surface area contributed by atoms with Crippen LogP contribution in [0.2, 0.25) is 0 Å². The molecule has 0 aliphatic carbocycles. The van der Waals surface area contributed by atoms with Gasteiger partial charge in [-0.3, -0.25) is 4.79 Å². The van der Waals surface area contributed by atoms with Crippen molar-refractivity contribution in [1.29, 1.82) is 0 Å². The first-order valence-electron chi connectivity index (χ1n) is 4.75. The second-order valence-electron chi connectivity index (χ2n) is 3.34. The molecule has 3 heteroatoms. The zero-order valence-electron chi connectivity index (χ0n) is 8.41. The average Bonchev–Trinajstić information content (AvgIpc) is 2.30. The van der Waals surface area contributed by atoms with Crippen LogP contribution in [0.1, 0.15) is 10.4 Å². The SMILES string of the molecule is NC(=O)c1cccc(-c2ccc[c]c2F)c1. The van der Waals surface area contributed by atoms with Crippen LogP contribution >= 0.6 is 0 Å². The van der Waals surface area contributed by atoms with E-state index in [0.717, 1.165) is 0 Å². The Labute approximate surface area is 92.5 Å². The van der Waals surface area contributed by atoms with Gasteiger partial charge in [0, 0.05) is 17.2 Å². The number of hydrogen-bond donors (Lipinski definition) is 1. The quantitative estimate of drug-likeness (QED) is 0.819. The van der Waals surface area contributed by atoms with Gasteiger partial charge in [-0.2, -0.15) is 0 Å². The average molecular weight is 214 g/mol. The summed E-state index contributed by atoms with van der Waals surface area (Å²) in [7, 11) is 0. The summed E-state index contributed by atoms with van der Waals surface area (Å²) < 4.78 is 13.4. The summed E-state index contributed by atoms with van der Waals surface area (Å²) in [6.07, 6.45) is 0. The van der Waals surface area contributed by atoms with Crippen LogP contribution < -0.4 is 5.73 Å². The van der Waals surface area contributed by atoms with Crippen molar-refractivity contribution in [3.63, 3.8) is 0 Å². The van der Waals surface area contributed by atoms with Gasteiger partial charge >= 0.3 is 0 Å². The summed E-state index contributed by atoms with van der Waals surface area (Å²) >= 11 is 0. The van der Waals surface area contributed by atoms with Crippen LogP contribution in [-0.2, 0) is 0 Å². The van der Waals surface area contributed by atoms with E-state index in [-0.39, 0.29) is 0 Å². The zero-order valence-corrected chi connectivity index (χ0v) is 8.41. The number of rotatable bonds is 2. The fraction of sp³-hybridized carbons (Fsp3) is 0. The van der Waals surface area contributed by atoms with Crippen LogP contribution in [0.15, 0.2) is 42.5 Å². The summed E-state index contributed by atoms with van der Waals surface area (Å²) in [5.74, 6) is -0.966. The second-order valence-corrected chi connectivity index (χ2v) is 3.34. The van der Waals surface area contributed by atoms with E-state index in [0.29, 0.717) is 16.7 Å². The van der Waals surface area contributed by atoms with Crippen LogP contribution in [0, 0.1) is 11.9 Å². The number of carbonyl (C=O) groups excluding carboxylic acids is 1. The van der Waals surface area contributed by atoms with Crippen molar-refractivity contribution in [2.75, 3.05) is 0 Å². The Balaban J connectivity index is 2.53. The molecule has 2 aromatic carbocycles. The van der Waals surface area contributed by atoms with Crippen molar-refractivity contribution < 1.29 is 9.18 Å². The number of hydrogen-bond acceptors (Lipinski definition) is 1. The fourth-order valence-electron chi connectivity index (χ4n) is 1.48. The number of benzene rings is 2. The number of amides is 1. The van der Waals surface area contributed by atoms with Crippen molar-refractivity contribution in [3.05, 3.63) is 59.9 Å². The minimum atomic E-state index is -0.526. The molecule has 0 aliphatic heterocycles. The molecule has 2 nitrogen and oxygen atoms in total. The number of carbonyl (C=O) groups is 1. The Morgan fingerprint density at radius 3 is 2.75 bits per heavy atom. The molecule has 0 aliphatic rings. The van der Waals surface area contributed by atoms with E-state index >= 15 is 0 Å². The van der Waals surface area contributed by atoms with Crippen LogP contribution in [-0.4, -0.2) is 5.91 Å². The lowest BCUT2D eigenvalue weighted by Gasteiger charge is -2.04. The Morgan fingerprint density at radius 1 is 1.25 bits per heavy atom. The molecule has 2 aromatic rings. The Kier molecular flexibility index (Phi) is 2.68. The lowest BCUT2D eigenvalue weighted by atomic mass is 10.0. The normalized spacial score (nSPS) is 10.1. The molecule has 0 saturated carbocycles. The third kappa shape index (κ3) is 1.93. The third-order valence-corrected chi connectivity index (χ3v) is 2.26. The molecule has 16 heavy (non-hydrogen) atoms. The van der Waals surface area contributed by atoms with Crippen molar-refractivity contribution in [1.82, 2.24) is 0 Å². The van der Waals surface area contributed by atoms with Crippen LogP contribution in [0.25, 0.3) is 11.1 Å². The molecule has 0 atom stereocenters. The van der Waals surface area contributed by atoms with E-state index in [1.54, 1.807) is 36.4 Å². The molecular formula is C13H9FNO. The van der Waals surface area contributed by atoms with Gasteiger partial charge in [0.2, 0.25) is 5.91 Å². The summed E-state index contributed by atoms with van der Waals surface area (Å²) in [6, 6.07) is 13.8. The van der Waals surface area contributed by atoms with Crippen molar-refractivity contribution in [3.8, 4) is 11.1 Å². The maximum absolute atomic E-state index is 13.4. The highest BCUT2D eigenvalue weighted by atomic mass is 19.1. The first kappa shape index (κ1) is 10.4. The first-order chi connectivity index (χ1) is 7.68. The highest BCUT2D eigenvalue weighted by Gasteiger charge is 2.06. The highest BCUT2D eigenvalue weighted by molar-refractivity contribution is 5.94. The largest absolute Gasteiger partial charge is 0.366 e. The minimum absolute atomic E-state index is 0.362. The molecule has 1 radical (unpaired) electrons. The van der Waals surface area contributed by atoms with E-state index in [1.807, 2.05) is 0 Å². The molecule has 0 spiro atoms. The van der Waals surface area contributed by atoms with Gasteiger partial charge < -0.3 is 5.73 Å². The summed E-state index contributed by atoms with van der Waals surface area (Å²) in [5.41, 5.74) is 6.54. The van der Waals surface area contributed by atoms with E-state index in [1.165, 1.54) is 6.07 Å². The summed E-state index contributed by atoms with van der Waals surface area (Å²) in [6.45, 7) is 0. The predicted octanol–water partition coefficient (Wildman–Crippen LogP) is 2.39. The first-order valence-corrected chi connectivity index (χ1v) is 4.75. The second kappa shape index (κ2) is 4.14. The zero-order chi connectivity index (χ0) is 11.5. The summed E-state index contributed by atoms with van der Waals surface area (Å²) in [4.78, 5) is 11.0. The number of nitrogens with two attached hydrogens (primary N) is 1. The fourth-order valence-corrected chi connectivity index (χ4v) is 1.48. The number of primary amides is 1. The van der Waals surface area contributed by atoms with Gasteiger partial charge in [0.05, 0.1) is 0 Å². The van der Waals surface area contributed by atoms with Crippen LogP contribution in [0.5, 0.6) is 0 Å². The molecule has 0 heterocycles. The maximum Gasteiger partial charge on any atom is 0.248 e. The molecule has 0 saturated heterocycles. The van der Waals surface area contributed by atoms with Crippen molar-refractivity contribution in [2.45, 2.75) is 0 Å². The Hall–Kier alpha value is -2.16. The third-order valence-electron chi connectivity index (χ3n) is 2.26. The van der Waals surface area contributed by atoms with E-state index in [2.05, 4.69) is 6.07 Å².